The van der Waals surface area contributed by atoms with Crippen LogP contribution in [-0.4, -0.2) is 34.5 Å². The van der Waals surface area contributed by atoms with E-state index in [-0.39, 0.29) is 16.1 Å². The van der Waals surface area contributed by atoms with Gasteiger partial charge >= 0.3 is 0 Å². The summed E-state index contributed by atoms with van der Waals surface area (Å²) in [5.74, 6) is -0.575. The maximum absolute atomic E-state index is 14.5. The van der Waals surface area contributed by atoms with Crippen molar-refractivity contribution in [2.24, 2.45) is 0 Å². The first-order valence-electron chi connectivity index (χ1n) is 9.68. The van der Waals surface area contributed by atoms with Crippen LogP contribution in [-0.2, 0) is 6.54 Å². The molecule has 0 spiro atoms. The SMILES string of the molecule is O=c1c2nn(Cc3cnccn3)cc2c2cc(F)c(Cl)cc2n1-c1cccc2[nH]ncc12. The Labute approximate surface area is 183 Å². The fourth-order valence-corrected chi connectivity index (χ4v) is 4.13. The maximum atomic E-state index is 14.5. The standard InChI is InChI=1S/C22H13ClFN7O/c23-16-7-20-13(6-17(16)24)15-11-30(10-12-8-25-4-5-26-12)29-21(15)22(32)31(20)19-3-1-2-18-14(19)9-27-28-18/h1-9,11H,10H2,(H,27,28). The van der Waals surface area contributed by atoms with E-state index in [9.17, 15) is 9.18 Å². The molecule has 0 aliphatic carbocycles. The molecule has 6 rings (SSSR count). The van der Waals surface area contributed by atoms with Gasteiger partial charge in [-0.25, -0.2) is 4.39 Å². The lowest BCUT2D eigenvalue weighted by molar-refractivity contribution is 0.630. The van der Waals surface area contributed by atoms with Crippen LogP contribution in [0.1, 0.15) is 5.69 Å². The molecule has 0 unspecified atom stereocenters. The molecule has 0 fully saturated rings. The highest BCUT2D eigenvalue weighted by atomic mass is 35.5. The minimum absolute atomic E-state index is 0.0729. The number of benzene rings is 2. The van der Waals surface area contributed by atoms with Gasteiger partial charge in [-0.15, -0.1) is 0 Å². The van der Waals surface area contributed by atoms with Crippen molar-refractivity contribution < 1.29 is 4.39 Å². The van der Waals surface area contributed by atoms with Gasteiger partial charge in [0.05, 0.1) is 46.4 Å². The van der Waals surface area contributed by atoms with Crippen molar-refractivity contribution in [3.63, 3.8) is 0 Å². The van der Waals surface area contributed by atoms with Gasteiger partial charge in [-0.05, 0) is 24.3 Å². The number of hydrogen-bond donors (Lipinski definition) is 1. The van der Waals surface area contributed by atoms with E-state index >= 15 is 0 Å². The normalized spacial score (nSPS) is 11.7. The number of aromatic nitrogens is 7. The third-order valence-corrected chi connectivity index (χ3v) is 5.67. The first-order valence-corrected chi connectivity index (χ1v) is 10.1. The molecule has 2 aromatic carbocycles. The average molecular weight is 446 g/mol. The molecule has 0 aliphatic heterocycles. The van der Waals surface area contributed by atoms with Crippen LogP contribution in [0, 0.1) is 5.82 Å². The molecule has 0 radical (unpaired) electrons. The van der Waals surface area contributed by atoms with Crippen LogP contribution in [0.25, 0.3) is 38.4 Å². The minimum Gasteiger partial charge on any atom is -0.278 e. The Morgan fingerprint density at radius 1 is 1.09 bits per heavy atom. The Morgan fingerprint density at radius 2 is 2.00 bits per heavy atom. The van der Waals surface area contributed by atoms with Gasteiger partial charge in [0.1, 0.15) is 5.82 Å². The van der Waals surface area contributed by atoms with E-state index in [1.54, 1.807) is 41.7 Å². The van der Waals surface area contributed by atoms with Crippen molar-refractivity contribution in [3.05, 3.63) is 88.2 Å². The second-order valence-corrected chi connectivity index (χ2v) is 7.73. The molecule has 0 saturated carbocycles. The summed E-state index contributed by atoms with van der Waals surface area (Å²) in [6, 6.07) is 8.28. The van der Waals surface area contributed by atoms with Crippen molar-refractivity contribution in [2.45, 2.75) is 6.54 Å². The number of rotatable bonds is 3. The summed E-state index contributed by atoms with van der Waals surface area (Å²) in [5, 5.41) is 13.2. The first-order chi connectivity index (χ1) is 15.6. The second kappa shape index (κ2) is 6.96. The van der Waals surface area contributed by atoms with Crippen molar-refractivity contribution in [2.75, 3.05) is 0 Å². The van der Waals surface area contributed by atoms with E-state index < -0.39 is 5.82 Å². The average Bonchev–Trinajstić information content (AvgIpc) is 3.44. The Hall–Kier alpha value is -4.11. The van der Waals surface area contributed by atoms with E-state index in [1.807, 2.05) is 12.1 Å². The Balaban J connectivity index is 1.70. The molecule has 0 atom stereocenters. The van der Waals surface area contributed by atoms with Gasteiger partial charge in [0.2, 0.25) is 0 Å². The zero-order chi connectivity index (χ0) is 21.8. The zero-order valence-electron chi connectivity index (χ0n) is 16.3. The summed E-state index contributed by atoms with van der Waals surface area (Å²) in [4.78, 5) is 22.0. The predicted molar refractivity (Wildman–Crippen MR) is 119 cm³/mol. The van der Waals surface area contributed by atoms with Gasteiger partial charge < -0.3 is 0 Å². The Kier molecular flexibility index (Phi) is 4.05. The monoisotopic (exact) mass is 445 g/mol. The molecule has 0 bridgehead atoms. The molecule has 6 aromatic rings. The fraction of sp³-hybridized carbons (Fsp3) is 0.0455. The summed E-state index contributed by atoms with van der Waals surface area (Å²) in [6.07, 6.45) is 8.15. The van der Waals surface area contributed by atoms with Crippen LogP contribution < -0.4 is 5.56 Å². The van der Waals surface area contributed by atoms with Gasteiger partial charge in [0, 0.05) is 34.7 Å². The molecule has 156 valence electrons. The van der Waals surface area contributed by atoms with E-state index in [4.69, 9.17) is 11.6 Å². The van der Waals surface area contributed by atoms with E-state index in [1.165, 1.54) is 16.7 Å². The Morgan fingerprint density at radius 3 is 2.84 bits per heavy atom. The number of halogens is 2. The Bertz CT molecular complexity index is 1700. The summed E-state index contributed by atoms with van der Waals surface area (Å²) in [5.41, 5.74) is 2.39. The van der Waals surface area contributed by atoms with Crippen molar-refractivity contribution in [1.82, 2.24) is 34.5 Å². The molecule has 4 heterocycles. The van der Waals surface area contributed by atoms with Gasteiger partial charge in [0.15, 0.2) is 5.52 Å². The van der Waals surface area contributed by atoms with Gasteiger partial charge in [-0.3, -0.25) is 29.1 Å². The van der Waals surface area contributed by atoms with E-state index in [0.717, 1.165) is 10.9 Å². The molecule has 0 amide bonds. The lowest BCUT2D eigenvalue weighted by Crippen LogP contribution is -2.20. The van der Waals surface area contributed by atoms with Crippen LogP contribution in [0.2, 0.25) is 5.02 Å². The number of fused-ring (bicyclic) bond motifs is 4. The molecule has 1 N–H and O–H groups in total. The maximum Gasteiger partial charge on any atom is 0.284 e. The first kappa shape index (κ1) is 18.6. The third kappa shape index (κ3) is 2.78. The summed E-state index contributed by atoms with van der Waals surface area (Å²) in [6.45, 7) is 0.316. The van der Waals surface area contributed by atoms with Crippen LogP contribution in [0.3, 0.4) is 0 Å². The number of H-pyrrole nitrogens is 1. The zero-order valence-corrected chi connectivity index (χ0v) is 17.1. The van der Waals surface area contributed by atoms with Crippen LogP contribution in [0.15, 0.2) is 66.1 Å². The van der Waals surface area contributed by atoms with Crippen LogP contribution in [0.5, 0.6) is 0 Å². The molecule has 0 aliphatic rings. The van der Waals surface area contributed by atoms with Crippen LogP contribution in [0.4, 0.5) is 4.39 Å². The molecule has 10 heteroatoms. The second-order valence-electron chi connectivity index (χ2n) is 7.32. The van der Waals surface area contributed by atoms with Gasteiger partial charge in [0.25, 0.3) is 5.56 Å². The molecule has 4 aromatic heterocycles. The summed E-state index contributed by atoms with van der Waals surface area (Å²) < 4.78 is 17.6. The van der Waals surface area contributed by atoms with Crippen molar-refractivity contribution in [3.8, 4) is 5.69 Å². The topological polar surface area (TPSA) is 94.3 Å². The lowest BCUT2D eigenvalue weighted by atomic mass is 10.1. The highest BCUT2D eigenvalue weighted by Crippen LogP contribution is 2.31. The molecule has 8 nitrogen and oxygen atoms in total. The number of pyridine rings is 1. The van der Waals surface area contributed by atoms with Crippen molar-refractivity contribution >= 4 is 44.3 Å². The minimum atomic E-state index is -0.575. The quantitative estimate of drug-likeness (QED) is 0.446. The fourth-order valence-electron chi connectivity index (χ4n) is 3.97. The smallest absolute Gasteiger partial charge is 0.278 e. The molecular weight excluding hydrogens is 433 g/mol. The highest BCUT2D eigenvalue weighted by Gasteiger charge is 2.19. The lowest BCUT2D eigenvalue weighted by Gasteiger charge is -2.12. The molecular formula is C22H13ClFN7O. The summed E-state index contributed by atoms with van der Waals surface area (Å²) >= 11 is 6.12. The van der Waals surface area contributed by atoms with Gasteiger partial charge in [-0.2, -0.15) is 10.2 Å². The van der Waals surface area contributed by atoms with Crippen LogP contribution >= 0.6 is 11.6 Å². The largest absolute Gasteiger partial charge is 0.284 e. The highest BCUT2D eigenvalue weighted by molar-refractivity contribution is 6.31. The van der Waals surface area contributed by atoms with E-state index in [2.05, 4.69) is 25.3 Å². The third-order valence-electron chi connectivity index (χ3n) is 5.38. The number of aromatic amines is 1. The number of hydrogen-bond acceptors (Lipinski definition) is 5. The van der Waals surface area contributed by atoms with Gasteiger partial charge in [-0.1, -0.05) is 17.7 Å². The van der Waals surface area contributed by atoms with E-state index in [0.29, 0.717) is 34.2 Å². The summed E-state index contributed by atoms with van der Waals surface area (Å²) in [7, 11) is 0. The molecule has 0 saturated heterocycles. The predicted octanol–water partition coefficient (Wildman–Crippen LogP) is 3.85. The van der Waals surface area contributed by atoms with Crippen molar-refractivity contribution in [1.29, 1.82) is 0 Å². The number of nitrogens with zero attached hydrogens (tertiary/aromatic N) is 6. The molecule has 32 heavy (non-hydrogen) atoms. The number of nitrogens with one attached hydrogen (secondary N) is 1.